The van der Waals surface area contributed by atoms with Gasteiger partial charge in [0.05, 0.1) is 12.1 Å². The molecule has 2 aliphatic rings. The fraction of sp³-hybridized carbons (Fsp3) is 0.219. The molecule has 5 aromatic rings. The molecule has 0 amide bonds. The average Bonchev–Trinajstić information content (AvgIpc) is 3.74. The summed E-state index contributed by atoms with van der Waals surface area (Å²) in [5.41, 5.74) is 9.19. The summed E-state index contributed by atoms with van der Waals surface area (Å²) in [6.07, 6.45) is 2.10. The monoisotopic (exact) mass is 532 g/mol. The summed E-state index contributed by atoms with van der Waals surface area (Å²) in [6, 6.07) is 24.7. The van der Waals surface area contributed by atoms with Gasteiger partial charge in [-0.1, -0.05) is 48.5 Å². The molecular weight excluding hydrogens is 500 g/mol. The maximum atomic E-state index is 9.00. The molecule has 8 heteroatoms. The van der Waals surface area contributed by atoms with Crippen molar-refractivity contribution in [1.82, 2.24) is 20.6 Å². The summed E-state index contributed by atoms with van der Waals surface area (Å²) in [4.78, 5) is 25.4. The first-order valence-corrected chi connectivity index (χ1v) is 13.5. The number of carboxylic acid groups (broad SMARTS) is 1. The minimum atomic E-state index is -0.833. The first kappa shape index (κ1) is 25.4. The number of H-pyrrole nitrogens is 2. The Labute approximate surface area is 232 Å². The van der Waals surface area contributed by atoms with Crippen LogP contribution in [0.1, 0.15) is 31.9 Å². The Morgan fingerprint density at radius 2 is 1.32 bits per heavy atom. The minimum absolute atomic E-state index is 0.329. The predicted molar refractivity (Wildman–Crippen MR) is 162 cm³/mol. The summed E-state index contributed by atoms with van der Waals surface area (Å²) in [5, 5.41) is 16.6. The number of carboxylic acids is 1. The molecule has 4 heterocycles. The Kier molecular flexibility index (Phi) is 6.59. The van der Waals surface area contributed by atoms with Crippen molar-refractivity contribution in [3.63, 3.8) is 0 Å². The smallest absolute Gasteiger partial charge is 0.300 e. The molecule has 2 unspecified atom stereocenters. The van der Waals surface area contributed by atoms with Gasteiger partial charge >= 0.3 is 0 Å². The molecule has 7 rings (SSSR count). The van der Waals surface area contributed by atoms with Crippen LogP contribution in [0.5, 0.6) is 0 Å². The Morgan fingerprint density at radius 1 is 0.775 bits per heavy atom. The number of aromatic amines is 2. The molecule has 0 saturated carbocycles. The summed E-state index contributed by atoms with van der Waals surface area (Å²) >= 11 is 0. The van der Waals surface area contributed by atoms with Gasteiger partial charge in [0.15, 0.2) is 0 Å². The van der Waals surface area contributed by atoms with Gasteiger partial charge in [-0.3, -0.25) is 14.8 Å². The van der Waals surface area contributed by atoms with Crippen molar-refractivity contribution >= 4 is 39.4 Å². The highest BCUT2D eigenvalue weighted by molar-refractivity contribution is 6.05. The molecule has 0 radical (unpaired) electrons. The minimum Gasteiger partial charge on any atom is -0.481 e. The zero-order valence-electron chi connectivity index (χ0n) is 22.7. The van der Waals surface area contributed by atoms with E-state index in [0.29, 0.717) is 12.1 Å². The first-order valence-electron chi connectivity index (χ1n) is 13.5. The fourth-order valence-electron chi connectivity index (χ4n) is 5.24. The van der Waals surface area contributed by atoms with Crippen LogP contribution in [0.2, 0.25) is 0 Å². The van der Waals surface area contributed by atoms with E-state index in [4.69, 9.17) is 19.9 Å². The summed E-state index contributed by atoms with van der Waals surface area (Å²) in [5.74, 6) is 1.13. The SMILES string of the molecule is CC(=O)O.CC1CNC(c2ccc3cc(-c4ccc(-c5c[nH]c6cc(C7=NC(C)CN7)ccc56)cc4)[nH]c3c2)=N1. The number of nitrogens with zero attached hydrogens (tertiary/aromatic N) is 2. The van der Waals surface area contributed by atoms with Gasteiger partial charge in [-0.15, -0.1) is 0 Å². The van der Waals surface area contributed by atoms with Gasteiger partial charge < -0.3 is 25.7 Å². The highest BCUT2D eigenvalue weighted by atomic mass is 16.4. The van der Waals surface area contributed by atoms with Crippen molar-refractivity contribution in [2.24, 2.45) is 9.98 Å². The number of amidine groups is 2. The summed E-state index contributed by atoms with van der Waals surface area (Å²) < 4.78 is 0. The van der Waals surface area contributed by atoms with Crippen LogP contribution < -0.4 is 10.6 Å². The molecule has 8 nitrogen and oxygen atoms in total. The maximum Gasteiger partial charge on any atom is 0.300 e. The number of nitrogens with one attached hydrogen (secondary N) is 4. The third-order valence-corrected chi connectivity index (χ3v) is 7.19. The molecular formula is C32H32N6O2. The number of aromatic nitrogens is 2. The van der Waals surface area contributed by atoms with E-state index in [1.54, 1.807) is 0 Å². The van der Waals surface area contributed by atoms with Crippen molar-refractivity contribution in [3.8, 4) is 22.4 Å². The van der Waals surface area contributed by atoms with Crippen LogP contribution >= 0.6 is 0 Å². The van der Waals surface area contributed by atoms with E-state index in [1.165, 1.54) is 27.5 Å². The Bertz CT molecular complexity index is 1770. The van der Waals surface area contributed by atoms with Gasteiger partial charge in [-0.25, -0.2) is 0 Å². The van der Waals surface area contributed by atoms with Crippen molar-refractivity contribution in [2.75, 3.05) is 13.1 Å². The fourth-order valence-corrected chi connectivity index (χ4v) is 5.24. The normalized spacial score (nSPS) is 18.1. The number of benzene rings is 3. The van der Waals surface area contributed by atoms with Crippen LogP contribution in [0.15, 0.2) is 82.9 Å². The standard InChI is InChI=1S/C30H28N6.C2H4O2/c1-17-14-32-29(34-17)22-8-7-21-11-26(36-27(21)12-22)20-5-3-19(4-6-20)25-16-31-28-13-23(9-10-24(25)28)30-33-15-18(2)35-30;1-2(3)4/h3-13,16-18,31,36H,14-15H2,1-2H3,(H,32,34)(H,33,35);1H3,(H,3,4). The molecule has 2 aromatic heterocycles. The lowest BCUT2D eigenvalue weighted by molar-refractivity contribution is -0.134. The molecule has 0 saturated heterocycles. The van der Waals surface area contributed by atoms with Crippen LogP contribution in [0, 0.1) is 0 Å². The average molecular weight is 533 g/mol. The highest BCUT2D eigenvalue weighted by Gasteiger charge is 2.16. The van der Waals surface area contributed by atoms with E-state index in [0.717, 1.165) is 59.5 Å². The number of rotatable bonds is 4. The van der Waals surface area contributed by atoms with E-state index in [2.05, 4.69) is 107 Å². The Hall–Kier alpha value is -4.85. The van der Waals surface area contributed by atoms with E-state index in [1.807, 2.05) is 0 Å². The van der Waals surface area contributed by atoms with E-state index >= 15 is 0 Å². The third-order valence-electron chi connectivity index (χ3n) is 7.19. The number of fused-ring (bicyclic) bond motifs is 2. The lowest BCUT2D eigenvalue weighted by Gasteiger charge is -2.05. The molecule has 0 aliphatic carbocycles. The summed E-state index contributed by atoms with van der Waals surface area (Å²) in [6.45, 7) is 7.15. The quantitative estimate of drug-likeness (QED) is 0.209. The predicted octanol–water partition coefficient (Wildman–Crippen LogP) is 5.55. The van der Waals surface area contributed by atoms with Gasteiger partial charge in [-0.2, -0.15) is 0 Å². The van der Waals surface area contributed by atoms with Crippen LogP contribution in [0.3, 0.4) is 0 Å². The molecule has 0 bridgehead atoms. The molecule has 40 heavy (non-hydrogen) atoms. The number of carbonyl (C=O) groups is 1. The van der Waals surface area contributed by atoms with Crippen molar-refractivity contribution in [1.29, 1.82) is 0 Å². The van der Waals surface area contributed by atoms with Crippen molar-refractivity contribution < 1.29 is 9.90 Å². The first-order chi connectivity index (χ1) is 19.3. The van der Waals surface area contributed by atoms with Crippen LogP contribution in [-0.2, 0) is 4.79 Å². The third kappa shape index (κ3) is 5.08. The zero-order valence-corrected chi connectivity index (χ0v) is 22.7. The van der Waals surface area contributed by atoms with E-state index in [9.17, 15) is 0 Å². The number of hydrogen-bond acceptors (Lipinski definition) is 5. The lowest BCUT2D eigenvalue weighted by atomic mass is 10.0. The van der Waals surface area contributed by atoms with Crippen LogP contribution in [0.4, 0.5) is 0 Å². The van der Waals surface area contributed by atoms with Crippen LogP contribution in [0.25, 0.3) is 44.2 Å². The van der Waals surface area contributed by atoms with Crippen molar-refractivity contribution in [2.45, 2.75) is 32.9 Å². The molecule has 3 aromatic carbocycles. The van der Waals surface area contributed by atoms with Crippen molar-refractivity contribution in [3.05, 3.63) is 84.1 Å². The lowest BCUT2D eigenvalue weighted by Crippen LogP contribution is -2.20. The number of aliphatic imine (C=N–C) groups is 2. The zero-order chi connectivity index (χ0) is 27.8. The number of aliphatic carboxylic acids is 1. The molecule has 5 N–H and O–H groups in total. The topological polar surface area (TPSA) is 118 Å². The van der Waals surface area contributed by atoms with Gasteiger partial charge in [-0.05, 0) is 43.2 Å². The van der Waals surface area contributed by atoms with Crippen LogP contribution in [-0.4, -0.2) is 57.9 Å². The Balaban J connectivity index is 0.000000680. The number of hydrogen-bond donors (Lipinski definition) is 5. The molecule has 2 atom stereocenters. The van der Waals surface area contributed by atoms with Gasteiger partial charge in [0.1, 0.15) is 11.7 Å². The molecule has 0 spiro atoms. The maximum absolute atomic E-state index is 9.00. The second-order valence-electron chi connectivity index (χ2n) is 10.5. The van der Waals surface area contributed by atoms with E-state index in [-0.39, 0.29) is 0 Å². The second kappa shape index (κ2) is 10.4. The summed E-state index contributed by atoms with van der Waals surface area (Å²) in [7, 11) is 0. The highest BCUT2D eigenvalue weighted by Crippen LogP contribution is 2.32. The van der Waals surface area contributed by atoms with Gasteiger partial charge in [0.2, 0.25) is 0 Å². The molecule has 2 aliphatic heterocycles. The Morgan fingerprint density at radius 3 is 1.93 bits per heavy atom. The van der Waals surface area contributed by atoms with Gasteiger partial charge in [0.25, 0.3) is 5.97 Å². The largest absolute Gasteiger partial charge is 0.481 e. The second-order valence-corrected chi connectivity index (χ2v) is 10.5. The molecule has 0 fully saturated rings. The molecule has 202 valence electrons. The van der Waals surface area contributed by atoms with E-state index < -0.39 is 5.97 Å². The van der Waals surface area contributed by atoms with Gasteiger partial charge in [0, 0.05) is 70.4 Å².